The standard InChI is InChI=1S/C19H18BrNO/c1-22-19-9-6-16-10-15(2-5-17(16)11-19)13-21-12-14-3-7-18(20)8-4-14/h2-11,21H,12-13H2,1H3. The Morgan fingerprint density at radius 1 is 0.818 bits per heavy atom. The Kier molecular flexibility index (Phi) is 4.76. The first-order valence-corrected chi connectivity index (χ1v) is 8.06. The lowest BCUT2D eigenvalue weighted by atomic mass is 10.1. The predicted molar refractivity (Wildman–Crippen MR) is 95.2 cm³/mol. The number of ether oxygens (including phenoxy) is 1. The molecule has 0 aromatic heterocycles. The van der Waals surface area contributed by atoms with E-state index in [4.69, 9.17) is 4.74 Å². The van der Waals surface area contributed by atoms with Gasteiger partial charge in [0, 0.05) is 17.6 Å². The minimum absolute atomic E-state index is 0.859. The molecular formula is C19H18BrNO. The quantitative estimate of drug-likeness (QED) is 0.702. The molecule has 3 heteroatoms. The number of hydrogen-bond acceptors (Lipinski definition) is 2. The van der Waals surface area contributed by atoms with Crippen molar-refractivity contribution >= 4 is 26.7 Å². The van der Waals surface area contributed by atoms with Crippen LogP contribution in [0, 0.1) is 0 Å². The molecule has 3 aromatic carbocycles. The fourth-order valence-electron chi connectivity index (χ4n) is 2.46. The van der Waals surface area contributed by atoms with Crippen LogP contribution in [0.4, 0.5) is 0 Å². The van der Waals surface area contributed by atoms with Gasteiger partial charge in [0.2, 0.25) is 0 Å². The normalized spacial score (nSPS) is 10.8. The molecule has 0 aliphatic rings. The average Bonchev–Trinajstić information content (AvgIpc) is 2.56. The van der Waals surface area contributed by atoms with Gasteiger partial charge in [0.1, 0.15) is 5.75 Å². The van der Waals surface area contributed by atoms with Gasteiger partial charge in [0.15, 0.2) is 0 Å². The maximum absolute atomic E-state index is 5.26. The monoisotopic (exact) mass is 355 g/mol. The Balaban J connectivity index is 1.65. The fraction of sp³-hybridized carbons (Fsp3) is 0.158. The molecule has 3 aromatic rings. The topological polar surface area (TPSA) is 21.3 Å². The zero-order valence-electron chi connectivity index (χ0n) is 12.5. The minimum Gasteiger partial charge on any atom is -0.497 e. The Labute approximate surface area is 139 Å². The minimum atomic E-state index is 0.859. The van der Waals surface area contributed by atoms with E-state index in [0.717, 1.165) is 23.3 Å². The Hall–Kier alpha value is -1.84. The average molecular weight is 356 g/mol. The summed E-state index contributed by atoms with van der Waals surface area (Å²) in [6.07, 6.45) is 0. The van der Waals surface area contributed by atoms with Crippen molar-refractivity contribution in [3.05, 3.63) is 76.3 Å². The second-order valence-corrected chi connectivity index (χ2v) is 6.19. The van der Waals surface area contributed by atoms with Crippen LogP contribution in [0.5, 0.6) is 5.75 Å². The van der Waals surface area contributed by atoms with E-state index >= 15 is 0 Å². The summed E-state index contributed by atoms with van der Waals surface area (Å²) in [6.45, 7) is 1.73. The molecule has 22 heavy (non-hydrogen) atoms. The molecule has 0 aliphatic heterocycles. The predicted octanol–water partition coefficient (Wildman–Crippen LogP) is 4.90. The zero-order valence-corrected chi connectivity index (χ0v) is 14.1. The third kappa shape index (κ3) is 3.67. The van der Waals surface area contributed by atoms with Crippen LogP contribution in [0.15, 0.2) is 65.1 Å². The highest BCUT2D eigenvalue weighted by molar-refractivity contribution is 9.10. The van der Waals surface area contributed by atoms with Crippen molar-refractivity contribution in [3.8, 4) is 5.75 Å². The van der Waals surface area contributed by atoms with Crippen LogP contribution < -0.4 is 10.1 Å². The van der Waals surface area contributed by atoms with Gasteiger partial charge in [-0.25, -0.2) is 0 Å². The van der Waals surface area contributed by atoms with Gasteiger partial charge >= 0.3 is 0 Å². The maximum atomic E-state index is 5.26. The van der Waals surface area contributed by atoms with Crippen LogP contribution >= 0.6 is 15.9 Å². The summed E-state index contributed by atoms with van der Waals surface area (Å²) in [5, 5.41) is 5.93. The molecule has 0 amide bonds. The SMILES string of the molecule is COc1ccc2cc(CNCc3ccc(Br)cc3)ccc2c1. The fourth-order valence-corrected chi connectivity index (χ4v) is 2.73. The van der Waals surface area contributed by atoms with E-state index in [1.807, 2.05) is 6.07 Å². The smallest absolute Gasteiger partial charge is 0.119 e. The van der Waals surface area contributed by atoms with Crippen LogP contribution in [0.1, 0.15) is 11.1 Å². The number of benzene rings is 3. The summed E-state index contributed by atoms with van der Waals surface area (Å²) in [5.41, 5.74) is 2.57. The summed E-state index contributed by atoms with van der Waals surface area (Å²) in [7, 11) is 1.70. The molecule has 0 bridgehead atoms. The molecule has 0 saturated heterocycles. The molecule has 0 atom stereocenters. The Bertz CT molecular complexity index is 768. The summed E-state index contributed by atoms with van der Waals surface area (Å²) in [4.78, 5) is 0. The first kappa shape index (κ1) is 15.1. The van der Waals surface area contributed by atoms with Gasteiger partial charge in [-0.1, -0.05) is 46.3 Å². The highest BCUT2D eigenvalue weighted by atomic mass is 79.9. The molecule has 0 unspecified atom stereocenters. The van der Waals surface area contributed by atoms with Gasteiger partial charge in [-0.3, -0.25) is 0 Å². The maximum Gasteiger partial charge on any atom is 0.119 e. The zero-order chi connectivity index (χ0) is 15.4. The van der Waals surface area contributed by atoms with Crippen LogP contribution in [0.2, 0.25) is 0 Å². The molecule has 0 spiro atoms. The van der Waals surface area contributed by atoms with Gasteiger partial charge in [-0.15, -0.1) is 0 Å². The number of methoxy groups -OCH3 is 1. The molecule has 0 heterocycles. The number of nitrogens with one attached hydrogen (secondary N) is 1. The van der Waals surface area contributed by atoms with Crippen molar-refractivity contribution in [1.82, 2.24) is 5.32 Å². The number of hydrogen-bond donors (Lipinski definition) is 1. The third-order valence-corrected chi connectivity index (χ3v) is 4.21. The van der Waals surface area contributed by atoms with Crippen molar-refractivity contribution in [2.45, 2.75) is 13.1 Å². The van der Waals surface area contributed by atoms with Crippen LogP contribution in [-0.2, 0) is 13.1 Å². The summed E-state index contributed by atoms with van der Waals surface area (Å²) < 4.78 is 6.37. The molecule has 0 aliphatic carbocycles. The lowest BCUT2D eigenvalue weighted by molar-refractivity contribution is 0.415. The van der Waals surface area contributed by atoms with Crippen LogP contribution in [0.25, 0.3) is 10.8 Å². The molecule has 0 saturated carbocycles. The van der Waals surface area contributed by atoms with E-state index in [0.29, 0.717) is 0 Å². The van der Waals surface area contributed by atoms with Gasteiger partial charge in [-0.05, 0) is 52.2 Å². The number of rotatable bonds is 5. The highest BCUT2D eigenvalue weighted by Gasteiger charge is 1.99. The summed E-state index contributed by atoms with van der Waals surface area (Å²) in [6, 6.07) is 21.1. The molecule has 1 N–H and O–H groups in total. The van der Waals surface area contributed by atoms with E-state index in [9.17, 15) is 0 Å². The molecule has 3 rings (SSSR count). The lowest BCUT2D eigenvalue weighted by Crippen LogP contribution is -2.12. The summed E-state index contributed by atoms with van der Waals surface area (Å²) >= 11 is 3.45. The van der Waals surface area contributed by atoms with E-state index in [1.165, 1.54) is 21.9 Å². The first-order valence-electron chi connectivity index (χ1n) is 7.26. The van der Waals surface area contributed by atoms with E-state index in [-0.39, 0.29) is 0 Å². The number of halogens is 1. The van der Waals surface area contributed by atoms with Crippen molar-refractivity contribution in [2.75, 3.05) is 7.11 Å². The van der Waals surface area contributed by atoms with Gasteiger partial charge < -0.3 is 10.1 Å². The van der Waals surface area contributed by atoms with Crippen LogP contribution in [-0.4, -0.2) is 7.11 Å². The van der Waals surface area contributed by atoms with Gasteiger partial charge in [0.05, 0.1) is 7.11 Å². The lowest BCUT2D eigenvalue weighted by Gasteiger charge is -2.08. The van der Waals surface area contributed by atoms with Gasteiger partial charge in [0.25, 0.3) is 0 Å². The molecule has 0 radical (unpaired) electrons. The van der Waals surface area contributed by atoms with E-state index < -0.39 is 0 Å². The highest BCUT2D eigenvalue weighted by Crippen LogP contribution is 2.21. The molecule has 112 valence electrons. The van der Waals surface area contributed by atoms with Gasteiger partial charge in [-0.2, -0.15) is 0 Å². The number of fused-ring (bicyclic) bond motifs is 1. The van der Waals surface area contributed by atoms with Crippen LogP contribution in [0.3, 0.4) is 0 Å². The Morgan fingerprint density at radius 3 is 2.23 bits per heavy atom. The second kappa shape index (κ2) is 6.95. The largest absolute Gasteiger partial charge is 0.497 e. The van der Waals surface area contributed by atoms with E-state index in [2.05, 4.69) is 75.8 Å². The first-order chi connectivity index (χ1) is 10.7. The van der Waals surface area contributed by atoms with Crippen molar-refractivity contribution in [2.24, 2.45) is 0 Å². The Morgan fingerprint density at radius 2 is 1.45 bits per heavy atom. The second-order valence-electron chi connectivity index (χ2n) is 5.28. The molecule has 2 nitrogen and oxygen atoms in total. The van der Waals surface area contributed by atoms with Crippen molar-refractivity contribution in [1.29, 1.82) is 0 Å². The third-order valence-electron chi connectivity index (χ3n) is 3.68. The van der Waals surface area contributed by atoms with E-state index in [1.54, 1.807) is 7.11 Å². The van der Waals surface area contributed by atoms with Crippen molar-refractivity contribution < 1.29 is 4.74 Å². The molecular weight excluding hydrogens is 338 g/mol. The summed E-state index contributed by atoms with van der Waals surface area (Å²) in [5.74, 6) is 0.897. The van der Waals surface area contributed by atoms with Crippen molar-refractivity contribution in [3.63, 3.8) is 0 Å². The molecule has 0 fully saturated rings.